The number of hydrogen-bond acceptors (Lipinski definition) is 4. The molecule has 0 saturated carbocycles. The van der Waals surface area contributed by atoms with Gasteiger partial charge in [0.05, 0.1) is 0 Å². The number of nitrogens with one attached hydrogen (secondary N) is 1. The molecule has 1 atom stereocenters. The highest BCUT2D eigenvalue weighted by atomic mass is 19.4. The van der Waals surface area contributed by atoms with Crippen LogP contribution in [0.25, 0.3) is 0 Å². The first-order valence-corrected chi connectivity index (χ1v) is 6.99. The van der Waals surface area contributed by atoms with Gasteiger partial charge in [-0.3, -0.25) is 4.79 Å². The Bertz CT molecular complexity index is 522. The normalized spacial score (nSPS) is 18.5. The summed E-state index contributed by atoms with van der Waals surface area (Å²) < 4.78 is 41.4. The molecule has 1 aliphatic rings. The third kappa shape index (κ3) is 4.33. The van der Waals surface area contributed by atoms with Gasteiger partial charge in [-0.2, -0.15) is 13.2 Å². The molecule has 5 nitrogen and oxygen atoms in total. The van der Waals surface area contributed by atoms with E-state index in [1.807, 2.05) is 7.05 Å². The number of carbonyl (C=O) groups is 1. The monoisotopic (exact) mass is 317 g/mol. The molecule has 122 valence electrons. The molecule has 2 rings (SSSR count). The number of carbonyl (C=O) groups excluding carboxylic acids is 1. The fraction of sp³-hybridized carbons (Fsp3) is 0.571. The Morgan fingerprint density at radius 2 is 2.32 bits per heavy atom. The molecular weight excluding hydrogens is 299 g/mol. The van der Waals surface area contributed by atoms with Gasteiger partial charge in [0.15, 0.2) is 6.61 Å². The van der Waals surface area contributed by atoms with Crippen LogP contribution in [-0.2, 0) is 0 Å². The maximum Gasteiger partial charge on any atom is 0.422 e. The van der Waals surface area contributed by atoms with Crippen LogP contribution in [0.1, 0.15) is 16.8 Å². The number of likely N-dealkylation sites (tertiary alicyclic amines) is 1. The number of pyridine rings is 1. The van der Waals surface area contributed by atoms with Gasteiger partial charge in [-0.05, 0) is 38.1 Å². The van der Waals surface area contributed by atoms with Crippen molar-refractivity contribution in [3.05, 3.63) is 23.9 Å². The van der Waals surface area contributed by atoms with Gasteiger partial charge in [-0.25, -0.2) is 4.98 Å². The fourth-order valence-electron chi connectivity index (χ4n) is 2.46. The summed E-state index contributed by atoms with van der Waals surface area (Å²) in [4.78, 5) is 17.8. The van der Waals surface area contributed by atoms with Crippen LogP contribution >= 0.6 is 0 Å². The van der Waals surface area contributed by atoms with Gasteiger partial charge >= 0.3 is 6.18 Å². The molecule has 0 bridgehead atoms. The van der Waals surface area contributed by atoms with Crippen LogP contribution < -0.4 is 10.1 Å². The van der Waals surface area contributed by atoms with Gasteiger partial charge in [0.25, 0.3) is 5.91 Å². The lowest BCUT2D eigenvalue weighted by Gasteiger charge is -2.18. The van der Waals surface area contributed by atoms with Gasteiger partial charge in [0, 0.05) is 19.3 Å². The summed E-state index contributed by atoms with van der Waals surface area (Å²) >= 11 is 0. The average Bonchev–Trinajstić information content (AvgIpc) is 2.93. The second-order valence-corrected chi connectivity index (χ2v) is 5.22. The second-order valence-electron chi connectivity index (χ2n) is 5.22. The second kappa shape index (κ2) is 6.95. The van der Waals surface area contributed by atoms with Crippen molar-refractivity contribution in [2.24, 2.45) is 5.92 Å². The van der Waals surface area contributed by atoms with Crippen molar-refractivity contribution in [3.63, 3.8) is 0 Å². The van der Waals surface area contributed by atoms with Crippen LogP contribution in [0, 0.1) is 5.92 Å². The molecule has 0 aliphatic carbocycles. The highest BCUT2D eigenvalue weighted by molar-refractivity contribution is 5.96. The van der Waals surface area contributed by atoms with E-state index in [2.05, 4.69) is 15.0 Å². The molecule has 1 N–H and O–H groups in total. The summed E-state index contributed by atoms with van der Waals surface area (Å²) in [5, 5.41) is 3.06. The third-order valence-electron chi connectivity index (χ3n) is 3.44. The zero-order valence-electron chi connectivity index (χ0n) is 12.2. The maximum absolute atomic E-state index is 12.4. The van der Waals surface area contributed by atoms with E-state index < -0.39 is 12.8 Å². The van der Waals surface area contributed by atoms with E-state index in [4.69, 9.17) is 0 Å². The molecule has 1 amide bonds. The minimum Gasteiger partial charge on any atom is -0.467 e. The molecule has 2 heterocycles. The Morgan fingerprint density at radius 1 is 1.55 bits per heavy atom. The predicted octanol–water partition coefficient (Wildman–Crippen LogP) is 1.70. The van der Waals surface area contributed by atoms with Crippen molar-refractivity contribution in [2.75, 3.05) is 33.3 Å². The Hall–Kier alpha value is -1.83. The standard InChI is InChI=1S/C14H18F3N3O2/c1-18-7-10-4-6-20(8-10)13(21)11-3-2-5-19-12(11)22-9-14(15,16)17/h2-3,5,10,18H,4,6-9H2,1H3. The lowest BCUT2D eigenvalue weighted by atomic mass is 10.1. The number of amides is 1. The molecule has 1 aromatic rings. The minimum absolute atomic E-state index is 0.0665. The molecule has 1 aromatic heterocycles. The quantitative estimate of drug-likeness (QED) is 0.898. The number of rotatable bonds is 5. The van der Waals surface area contributed by atoms with E-state index >= 15 is 0 Å². The minimum atomic E-state index is -4.47. The number of aromatic nitrogens is 1. The summed E-state index contributed by atoms with van der Waals surface area (Å²) in [5.74, 6) is -0.268. The van der Waals surface area contributed by atoms with Gasteiger partial charge in [0.2, 0.25) is 5.88 Å². The SMILES string of the molecule is CNCC1CCN(C(=O)c2cccnc2OCC(F)(F)F)C1. The summed E-state index contributed by atoms with van der Waals surface area (Å²) in [6.07, 6.45) is -2.30. The van der Waals surface area contributed by atoms with Crippen LogP contribution in [0.3, 0.4) is 0 Å². The Labute approximate surface area is 126 Å². The van der Waals surface area contributed by atoms with Crippen molar-refractivity contribution in [3.8, 4) is 5.88 Å². The Balaban J connectivity index is 2.07. The summed E-state index contributed by atoms with van der Waals surface area (Å²) in [5.41, 5.74) is 0.0665. The first-order chi connectivity index (χ1) is 10.4. The molecule has 0 aromatic carbocycles. The highest BCUT2D eigenvalue weighted by Gasteiger charge is 2.31. The summed E-state index contributed by atoms with van der Waals surface area (Å²) in [6.45, 7) is 0.493. The molecule has 0 radical (unpaired) electrons. The van der Waals surface area contributed by atoms with Gasteiger partial charge in [0.1, 0.15) is 5.56 Å². The lowest BCUT2D eigenvalue weighted by Crippen LogP contribution is -2.31. The summed E-state index contributed by atoms with van der Waals surface area (Å²) in [7, 11) is 1.84. The average molecular weight is 317 g/mol. The van der Waals surface area contributed by atoms with E-state index in [-0.39, 0.29) is 17.4 Å². The molecule has 1 unspecified atom stereocenters. The van der Waals surface area contributed by atoms with Crippen molar-refractivity contribution in [1.82, 2.24) is 15.2 Å². The number of nitrogens with zero attached hydrogens (tertiary/aromatic N) is 2. The predicted molar refractivity (Wildman–Crippen MR) is 73.7 cm³/mol. The molecular formula is C14H18F3N3O2. The van der Waals surface area contributed by atoms with Crippen LogP contribution in [0.15, 0.2) is 18.3 Å². The molecule has 8 heteroatoms. The number of hydrogen-bond donors (Lipinski definition) is 1. The van der Waals surface area contributed by atoms with Crippen LogP contribution in [0.2, 0.25) is 0 Å². The van der Waals surface area contributed by atoms with Crippen LogP contribution in [-0.4, -0.2) is 55.3 Å². The van der Waals surface area contributed by atoms with Crippen molar-refractivity contribution in [1.29, 1.82) is 0 Å². The van der Waals surface area contributed by atoms with E-state index in [0.29, 0.717) is 19.0 Å². The molecule has 1 saturated heterocycles. The lowest BCUT2D eigenvalue weighted by molar-refractivity contribution is -0.154. The van der Waals surface area contributed by atoms with E-state index in [9.17, 15) is 18.0 Å². The van der Waals surface area contributed by atoms with E-state index in [1.54, 1.807) is 4.90 Å². The van der Waals surface area contributed by atoms with Crippen molar-refractivity contribution in [2.45, 2.75) is 12.6 Å². The topological polar surface area (TPSA) is 54.5 Å². The zero-order chi connectivity index (χ0) is 16.2. The van der Waals surface area contributed by atoms with Gasteiger partial charge < -0.3 is 15.0 Å². The van der Waals surface area contributed by atoms with E-state index in [1.165, 1.54) is 18.3 Å². The number of alkyl halides is 3. The Morgan fingerprint density at radius 3 is 3.00 bits per heavy atom. The Kier molecular flexibility index (Phi) is 5.23. The summed E-state index contributed by atoms with van der Waals surface area (Å²) in [6, 6.07) is 2.95. The number of ether oxygens (including phenoxy) is 1. The highest BCUT2D eigenvalue weighted by Crippen LogP contribution is 2.24. The van der Waals surface area contributed by atoms with E-state index in [0.717, 1.165) is 13.0 Å². The first-order valence-electron chi connectivity index (χ1n) is 6.99. The van der Waals surface area contributed by atoms with Crippen LogP contribution in [0.5, 0.6) is 5.88 Å². The van der Waals surface area contributed by atoms with Gasteiger partial charge in [-0.1, -0.05) is 0 Å². The van der Waals surface area contributed by atoms with Crippen LogP contribution in [0.4, 0.5) is 13.2 Å². The largest absolute Gasteiger partial charge is 0.467 e. The maximum atomic E-state index is 12.4. The first kappa shape index (κ1) is 16.5. The zero-order valence-corrected chi connectivity index (χ0v) is 12.2. The molecule has 1 fully saturated rings. The third-order valence-corrected chi connectivity index (χ3v) is 3.44. The smallest absolute Gasteiger partial charge is 0.422 e. The van der Waals surface area contributed by atoms with Crippen molar-refractivity contribution >= 4 is 5.91 Å². The molecule has 22 heavy (non-hydrogen) atoms. The fourth-order valence-corrected chi connectivity index (χ4v) is 2.46. The van der Waals surface area contributed by atoms with Crippen molar-refractivity contribution < 1.29 is 22.7 Å². The number of halogens is 3. The van der Waals surface area contributed by atoms with Gasteiger partial charge in [-0.15, -0.1) is 0 Å². The molecule has 0 spiro atoms. The molecule has 1 aliphatic heterocycles.